The molecule has 20 nitrogen and oxygen atoms in total. The number of rotatable bonds is 12. The Bertz CT molecular complexity index is 3010. The first-order chi connectivity index (χ1) is 34.7. The summed E-state index contributed by atoms with van der Waals surface area (Å²) in [4.78, 5) is 75.1. The Hall–Kier alpha value is -8.76. The van der Waals surface area contributed by atoms with Crippen LogP contribution in [-0.4, -0.2) is 112 Å². The summed E-state index contributed by atoms with van der Waals surface area (Å²) in [7, 11) is 0. The third-order valence-electron chi connectivity index (χ3n) is 11.9. The third-order valence-corrected chi connectivity index (χ3v) is 11.9. The van der Waals surface area contributed by atoms with Gasteiger partial charge in [-0.1, -0.05) is 72.8 Å². The van der Waals surface area contributed by atoms with Crippen molar-refractivity contribution in [2.45, 2.75) is 62.1 Å². The van der Waals surface area contributed by atoms with Gasteiger partial charge in [-0.2, -0.15) is 0 Å². The van der Waals surface area contributed by atoms with Crippen molar-refractivity contribution in [1.82, 2.24) is 39.0 Å². The Morgan fingerprint density at radius 1 is 0.514 bits per heavy atom. The Morgan fingerprint density at radius 2 is 0.833 bits per heavy atom. The maximum atomic E-state index is 16.4. The molecule has 368 valence electrons. The zero-order chi connectivity index (χ0) is 50.6. The maximum absolute atomic E-state index is 16.4. The van der Waals surface area contributed by atoms with Crippen LogP contribution in [0.1, 0.15) is 67.7 Å². The number of imidazole rings is 2. The van der Waals surface area contributed by atoms with Gasteiger partial charge in [0.25, 0.3) is 0 Å². The van der Waals surface area contributed by atoms with E-state index in [2.05, 4.69) is 29.9 Å². The summed E-state index contributed by atoms with van der Waals surface area (Å²) in [6.07, 6.45) is -2.61. The van der Waals surface area contributed by atoms with Crippen LogP contribution in [-0.2, 0) is 28.4 Å². The Balaban J connectivity index is 0.000000178. The first kappa shape index (κ1) is 48.3. The molecule has 8 atom stereocenters. The number of hydrogen-bond acceptors (Lipinski definition) is 18. The maximum Gasteiger partial charge on any atom is 0.338 e. The fourth-order valence-corrected chi connectivity index (χ4v) is 8.29. The van der Waals surface area contributed by atoms with Crippen molar-refractivity contribution in [3.63, 3.8) is 0 Å². The van der Waals surface area contributed by atoms with Crippen LogP contribution in [0, 0.1) is 0 Å². The number of esters is 4. The lowest BCUT2D eigenvalue weighted by Crippen LogP contribution is -2.44. The molecule has 2 aliphatic rings. The molecule has 10 rings (SSSR count). The van der Waals surface area contributed by atoms with E-state index in [1.165, 1.54) is 48.3 Å². The summed E-state index contributed by atoms with van der Waals surface area (Å²) in [5, 5.41) is 0. The predicted molar refractivity (Wildman–Crippen MR) is 251 cm³/mol. The van der Waals surface area contributed by atoms with Crippen LogP contribution >= 0.6 is 0 Å². The lowest BCUT2D eigenvalue weighted by molar-refractivity contribution is -0.0612. The average molecular weight is 983 g/mol. The van der Waals surface area contributed by atoms with Crippen LogP contribution in [0.2, 0.25) is 0 Å². The van der Waals surface area contributed by atoms with E-state index in [4.69, 9.17) is 39.9 Å². The number of fused-ring (bicyclic) bond motifs is 2. The first-order valence-electron chi connectivity index (χ1n) is 22.2. The largest absolute Gasteiger partial charge is 0.459 e. The van der Waals surface area contributed by atoms with Crippen LogP contribution < -0.4 is 11.5 Å². The molecular formula is C50H44F2N10O10. The second kappa shape index (κ2) is 20.3. The van der Waals surface area contributed by atoms with E-state index in [1.54, 1.807) is 121 Å². The van der Waals surface area contributed by atoms with Crippen LogP contribution in [0.3, 0.4) is 0 Å². The number of ether oxygens (including phenoxy) is 6. The molecule has 0 aliphatic carbocycles. The minimum Gasteiger partial charge on any atom is -0.459 e. The SMILES string of the molecule is C[C@@]1(F)[C@H](OC(=O)c2ccccc2)[C@@H](COC(=O)c2ccccc2)O[C@@H]1n1cnc2c(N)ncnc21.C[C@@]1(F)[C@H](OC(=O)c2ccccc2)[C@@H](COC(=O)c2ccccc2)O[C@H]1n1cnc2c(N)ncnc21. The van der Waals surface area contributed by atoms with E-state index >= 15 is 8.78 Å². The fraction of sp³-hybridized carbons (Fsp3) is 0.240. The van der Waals surface area contributed by atoms with Crippen LogP contribution in [0.5, 0.6) is 0 Å². The molecule has 2 aliphatic heterocycles. The van der Waals surface area contributed by atoms with Gasteiger partial charge >= 0.3 is 23.9 Å². The van der Waals surface area contributed by atoms with E-state index < -0.39 is 72.1 Å². The zero-order valence-corrected chi connectivity index (χ0v) is 38.3. The molecule has 4 aromatic carbocycles. The van der Waals surface area contributed by atoms with Crippen molar-refractivity contribution < 1.29 is 56.4 Å². The molecule has 4 N–H and O–H groups in total. The number of nitrogens with two attached hydrogens (primary N) is 2. The molecule has 4 aromatic heterocycles. The molecule has 72 heavy (non-hydrogen) atoms. The normalized spacial score (nSPS) is 23.4. The molecule has 0 unspecified atom stereocenters. The Labute approximate surface area is 407 Å². The highest BCUT2D eigenvalue weighted by Gasteiger charge is 2.60. The summed E-state index contributed by atoms with van der Waals surface area (Å²) < 4.78 is 69.6. The molecule has 6 heterocycles. The standard InChI is InChI=1S/2C25H22FN5O5/c2*1-25(26)19(36-23(33)16-10-6-3-7-11-16)17(12-34-22(32)15-8-4-2-5-9-15)35-24(25)31-14-30-18-20(27)28-13-29-21(18)31/h2*2-11,13-14,17,19,24H,12H2,1H3,(H2,27,28,29)/t17-,19-,24+,25-;17-,19-,24-,25-/m11/s1. The molecule has 2 saturated heterocycles. The van der Waals surface area contributed by atoms with E-state index in [1.807, 2.05) is 0 Å². The number of alkyl halides is 2. The lowest BCUT2D eigenvalue weighted by Gasteiger charge is -2.27. The molecule has 0 bridgehead atoms. The molecule has 22 heteroatoms. The van der Waals surface area contributed by atoms with E-state index in [9.17, 15) is 19.2 Å². The van der Waals surface area contributed by atoms with Crippen molar-refractivity contribution in [1.29, 1.82) is 0 Å². The smallest absolute Gasteiger partial charge is 0.338 e. The van der Waals surface area contributed by atoms with Gasteiger partial charge in [0.1, 0.15) is 49.1 Å². The van der Waals surface area contributed by atoms with Crippen LogP contribution in [0.15, 0.2) is 147 Å². The molecule has 0 amide bonds. The van der Waals surface area contributed by atoms with Gasteiger partial charge in [-0.05, 0) is 62.4 Å². The van der Waals surface area contributed by atoms with Crippen molar-refractivity contribution >= 4 is 57.8 Å². The highest BCUT2D eigenvalue weighted by Crippen LogP contribution is 2.46. The zero-order valence-electron chi connectivity index (χ0n) is 38.3. The quantitative estimate of drug-likeness (QED) is 0.101. The monoisotopic (exact) mass is 982 g/mol. The minimum absolute atomic E-state index is 0.123. The summed E-state index contributed by atoms with van der Waals surface area (Å²) in [6, 6.07) is 33.0. The van der Waals surface area contributed by atoms with Crippen LogP contribution in [0.25, 0.3) is 22.3 Å². The topological polar surface area (TPSA) is 263 Å². The Kier molecular flexibility index (Phi) is 13.6. The van der Waals surface area contributed by atoms with Gasteiger partial charge in [0.2, 0.25) is 0 Å². The summed E-state index contributed by atoms with van der Waals surface area (Å²) in [5.41, 5.74) is 9.36. The summed E-state index contributed by atoms with van der Waals surface area (Å²) >= 11 is 0. The number of nitrogens with zero attached hydrogens (tertiary/aromatic N) is 8. The summed E-state index contributed by atoms with van der Waals surface area (Å²) in [5.74, 6) is -2.48. The highest BCUT2D eigenvalue weighted by atomic mass is 19.1. The second-order valence-electron chi connectivity index (χ2n) is 16.8. The van der Waals surface area contributed by atoms with Gasteiger partial charge in [-0.15, -0.1) is 0 Å². The highest BCUT2D eigenvalue weighted by molar-refractivity contribution is 5.91. The van der Waals surface area contributed by atoms with Gasteiger partial charge < -0.3 is 39.9 Å². The van der Waals surface area contributed by atoms with Gasteiger partial charge in [-0.25, -0.2) is 57.9 Å². The van der Waals surface area contributed by atoms with E-state index in [-0.39, 0.29) is 58.3 Å². The van der Waals surface area contributed by atoms with Crippen LogP contribution in [0.4, 0.5) is 20.4 Å². The van der Waals surface area contributed by atoms with E-state index in [0.717, 1.165) is 0 Å². The van der Waals surface area contributed by atoms with Crippen molar-refractivity contribution in [3.8, 4) is 0 Å². The number of aromatic nitrogens is 8. The number of benzene rings is 4. The molecule has 0 saturated carbocycles. The van der Waals surface area contributed by atoms with E-state index in [0.29, 0.717) is 11.1 Å². The molecule has 0 spiro atoms. The number of hydrogen-bond donors (Lipinski definition) is 2. The van der Waals surface area contributed by atoms with Gasteiger partial charge in [0.15, 0.2) is 58.9 Å². The number of carbonyl (C=O) groups excluding carboxylic acids is 4. The minimum atomic E-state index is -2.26. The molecule has 0 radical (unpaired) electrons. The van der Waals surface area contributed by atoms with Gasteiger partial charge in [-0.3, -0.25) is 9.13 Å². The second-order valence-corrected chi connectivity index (χ2v) is 16.8. The third kappa shape index (κ3) is 9.72. The molecular weight excluding hydrogens is 939 g/mol. The van der Waals surface area contributed by atoms with Gasteiger partial charge in [0.05, 0.1) is 34.9 Å². The molecule has 8 aromatic rings. The van der Waals surface area contributed by atoms with Crippen molar-refractivity contribution in [3.05, 3.63) is 169 Å². The predicted octanol–water partition coefficient (Wildman–Crippen LogP) is 6.23. The number of anilines is 2. The Morgan fingerprint density at radius 3 is 1.17 bits per heavy atom. The number of nitrogen functional groups attached to an aromatic ring is 2. The van der Waals surface area contributed by atoms with Gasteiger partial charge in [0, 0.05) is 0 Å². The lowest BCUT2D eigenvalue weighted by atomic mass is 9.98. The number of carbonyl (C=O) groups is 4. The average Bonchev–Trinajstić information content (AvgIpc) is 4.15. The fourth-order valence-electron chi connectivity index (χ4n) is 8.29. The summed E-state index contributed by atoms with van der Waals surface area (Å²) in [6.45, 7) is 1.77. The van der Waals surface area contributed by atoms with Crippen molar-refractivity contribution in [2.24, 2.45) is 0 Å². The first-order valence-corrected chi connectivity index (χ1v) is 22.2. The van der Waals surface area contributed by atoms with Crippen molar-refractivity contribution in [2.75, 3.05) is 24.7 Å². The number of halogens is 2. The molecule has 2 fully saturated rings.